The second kappa shape index (κ2) is 8.25. The van der Waals surface area contributed by atoms with Gasteiger partial charge >= 0.3 is 0 Å². The molecule has 32 heavy (non-hydrogen) atoms. The van der Waals surface area contributed by atoms with Crippen molar-refractivity contribution in [3.63, 3.8) is 0 Å². The number of anilines is 2. The zero-order chi connectivity index (χ0) is 22.4. The van der Waals surface area contributed by atoms with Gasteiger partial charge in [-0.2, -0.15) is 0 Å². The van der Waals surface area contributed by atoms with Gasteiger partial charge in [-0.3, -0.25) is 9.18 Å². The third-order valence-corrected chi connectivity index (χ3v) is 7.50. The van der Waals surface area contributed by atoms with Gasteiger partial charge < -0.3 is 21.7 Å². The summed E-state index contributed by atoms with van der Waals surface area (Å²) in [4.78, 5) is 29.9. The summed E-state index contributed by atoms with van der Waals surface area (Å²) >= 11 is 1.32. The Labute approximate surface area is 189 Å². The van der Waals surface area contributed by atoms with Crippen molar-refractivity contribution < 1.29 is 9.18 Å². The van der Waals surface area contributed by atoms with Crippen molar-refractivity contribution in [2.24, 2.45) is 11.7 Å². The first-order valence-corrected chi connectivity index (χ1v) is 11.6. The number of nitrogen functional groups attached to an aromatic ring is 1. The molecular weight excluding hydrogens is 429 g/mol. The molecule has 168 valence electrons. The number of thiophene rings is 1. The molecule has 1 aliphatic carbocycles. The molecular formula is C22H26FN7OS. The molecule has 0 spiro atoms. The van der Waals surface area contributed by atoms with Gasteiger partial charge in [0, 0.05) is 54.1 Å². The second-order valence-corrected chi connectivity index (χ2v) is 9.69. The first-order chi connectivity index (χ1) is 15.4. The van der Waals surface area contributed by atoms with Crippen LogP contribution in [0.4, 0.5) is 16.0 Å². The maximum absolute atomic E-state index is 13.1. The van der Waals surface area contributed by atoms with Crippen LogP contribution in [0.2, 0.25) is 0 Å². The fourth-order valence-electron chi connectivity index (χ4n) is 4.50. The van der Waals surface area contributed by atoms with Crippen LogP contribution in [0.25, 0.3) is 10.2 Å². The van der Waals surface area contributed by atoms with Gasteiger partial charge in [0.2, 0.25) is 5.95 Å². The molecule has 0 unspecified atom stereocenters. The van der Waals surface area contributed by atoms with E-state index in [1.54, 1.807) is 0 Å². The summed E-state index contributed by atoms with van der Waals surface area (Å²) in [5.41, 5.74) is 15.6. The number of amides is 1. The number of aromatic nitrogens is 3. The molecule has 5 rings (SSSR count). The van der Waals surface area contributed by atoms with Crippen molar-refractivity contribution in [1.82, 2.24) is 20.3 Å². The Morgan fingerprint density at radius 3 is 2.97 bits per heavy atom. The highest BCUT2D eigenvalue weighted by molar-refractivity contribution is 7.21. The number of pyridine rings is 1. The third-order valence-electron chi connectivity index (χ3n) is 6.38. The number of carbonyl (C=O) groups is 1. The smallest absolute Gasteiger partial charge is 0.263 e. The summed E-state index contributed by atoms with van der Waals surface area (Å²) in [5.74, 6) is 0.269. The minimum Gasteiger partial charge on any atom is -0.397 e. The molecule has 1 amide bonds. The van der Waals surface area contributed by atoms with Crippen LogP contribution in [-0.4, -0.2) is 52.7 Å². The first kappa shape index (κ1) is 21.0. The largest absolute Gasteiger partial charge is 0.397 e. The van der Waals surface area contributed by atoms with Crippen LogP contribution in [0, 0.1) is 12.8 Å². The number of carbonyl (C=O) groups excluding carboxylic acids is 1. The lowest BCUT2D eigenvalue weighted by Gasteiger charge is -2.26. The fraction of sp³-hybridized carbons (Fsp3) is 0.455. The summed E-state index contributed by atoms with van der Waals surface area (Å²) in [6.07, 6.45) is 4.01. The van der Waals surface area contributed by atoms with Crippen LogP contribution < -0.4 is 21.7 Å². The number of aryl methyl sites for hydroxylation is 2. The number of nitrogens with two attached hydrogens (primary N) is 2. The van der Waals surface area contributed by atoms with Crippen molar-refractivity contribution in [3.05, 3.63) is 40.2 Å². The van der Waals surface area contributed by atoms with Crippen LogP contribution in [0.15, 0.2) is 18.3 Å². The zero-order valence-electron chi connectivity index (χ0n) is 17.8. The molecule has 8 nitrogen and oxygen atoms in total. The summed E-state index contributed by atoms with van der Waals surface area (Å²) in [5, 5.41) is 3.94. The maximum atomic E-state index is 13.1. The minimum atomic E-state index is -0.427. The van der Waals surface area contributed by atoms with Crippen LogP contribution in [-0.2, 0) is 12.8 Å². The van der Waals surface area contributed by atoms with Crippen LogP contribution in [0.5, 0.6) is 0 Å². The first-order valence-electron chi connectivity index (χ1n) is 10.8. The molecule has 3 atom stereocenters. The lowest BCUT2D eigenvalue weighted by atomic mass is 9.93. The fourth-order valence-corrected chi connectivity index (χ4v) is 5.55. The second-order valence-electron chi connectivity index (χ2n) is 8.69. The monoisotopic (exact) mass is 455 g/mol. The Morgan fingerprint density at radius 1 is 1.34 bits per heavy atom. The average molecular weight is 456 g/mol. The number of nitrogens with one attached hydrogen (secondary N) is 1. The molecule has 0 saturated carbocycles. The van der Waals surface area contributed by atoms with Crippen molar-refractivity contribution in [2.75, 3.05) is 30.4 Å². The van der Waals surface area contributed by atoms with Crippen LogP contribution in [0.3, 0.4) is 0 Å². The summed E-state index contributed by atoms with van der Waals surface area (Å²) in [7, 11) is 0. The van der Waals surface area contributed by atoms with E-state index in [1.165, 1.54) is 11.3 Å². The number of alkyl halides is 1. The predicted octanol–water partition coefficient (Wildman–Crippen LogP) is 2.00. The molecule has 0 aromatic carbocycles. The Balaban J connectivity index is 1.28. The molecule has 0 radical (unpaired) electrons. The summed E-state index contributed by atoms with van der Waals surface area (Å²) < 4.78 is 13.1. The molecule has 3 aromatic rings. The van der Waals surface area contributed by atoms with Crippen molar-refractivity contribution in [2.45, 2.75) is 38.3 Å². The number of halogens is 1. The van der Waals surface area contributed by atoms with Crippen molar-refractivity contribution >= 4 is 39.1 Å². The molecule has 3 aromatic heterocycles. The highest BCUT2D eigenvalue weighted by Gasteiger charge is 2.32. The number of fused-ring (bicyclic) bond motifs is 2. The van der Waals surface area contributed by atoms with Gasteiger partial charge in [0.05, 0.1) is 12.4 Å². The van der Waals surface area contributed by atoms with Gasteiger partial charge in [-0.25, -0.2) is 15.0 Å². The van der Waals surface area contributed by atoms with E-state index in [0.29, 0.717) is 36.0 Å². The summed E-state index contributed by atoms with van der Waals surface area (Å²) in [6.45, 7) is 2.60. The highest BCUT2D eigenvalue weighted by Crippen LogP contribution is 2.33. The Hall–Kier alpha value is -2.85. The SMILES string of the molecule is Cc1ccc2c(N)c(C(=O)N[C@H]3CCc4nc(N5C[C@H](CF)[C@@H](N)C5)ncc4C3)sc2n1. The lowest BCUT2D eigenvalue weighted by molar-refractivity contribution is 0.0938. The van der Waals surface area contributed by atoms with E-state index < -0.39 is 6.67 Å². The Bertz CT molecular complexity index is 1180. The summed E-state index contributed by atoms with van der Waals surface area (Å²) in [6, 6.07) is 3.60. The Morgan fingerprint density at radius 2 is 2.19 bits per heavy atom. The molecule has 0 bridgehead atoms. The standard InChI is InChI=1S/C22H26FN7OS/c1-11-2-4-15-18(25)19(32-21(15)27-11)20(31)28-14-3-5-17-12(6-14)8-26-22(29-17)30-9-13(7-23)16(24)10-30/h2,4,8,13-14,16H,3,5-7,9-10,24-25H2,1H3,(H,28,31)/t13-,14-,16-/m0/s1. The van der Waals surface area contributed by atoms with Gasteiger partial charge in [-0.05, 0) is 43.9 Å². The van der Waals surface area contributed by atoms with E-state index in [-0.39, 0.29) is 23.9 Å². The highest BCUT2D eigenvalue weighted by atomic mass is 32.1. The van der Waals surface area contributed by atoms with E-state index in [1.807, 2.05) is 30.2 Å². The van der Waals surface area contributed by atoms with Crippen molar-refractivity contribution in [1.29, 1.82) is 0 Å². The number of rotatable bonds is 4. The number of nitrogens with zero attached hydrogens (tertiary/aromatic N) is 4. The van der Waals surface area contributed by atoms with Crippen LogP contribution >= 0.6 is 11.3 Å². The van der Waals surface area contributed by atoms with Crippen molar-refractivity contribution in [3.8, 4) is 0 Å². The maximum Gasteiger partial charge on any atom is 0.263 e. The van der Waals surface area contributed by atoms with Gasteiger partial charge in [0.15, 0.2) is 0 Å². The van der Waals surface area contributed by atoms with Crippen LogP contribution in [0.1, 0.15) is 33.0 Å². The molecule has 1 fully saturated rings. The van der Waals surface area contributed by atoms with Gasteiger partial charge in [-0.1, -0.05) is 0 Å². The van der Waals surface area contributed by atoms with E-state index >= 15 is 0 Å². The van der Waals surface area contributed by atoms with Gasteiger partial charge in [-0.15, -0.1) is 11.3 Å². The third kappa shape index (κ3) is 3.77. The lowest BCUT2D eigenvalue weighted by Crippen LogP contribution is -2.39. The minimum absolute atomic E-state index is 0.0140. The van der Waals surface area contributed by atoms with Gasteiger partial charge in [0.1, 0.15) is 9.71 Å². The van der Waals surface area contributed by atoms with E-state index in [4.69, 9.17) is 16.5 Å². The molecule has 5 N–H and O–H groups in total. The number of hydrogen-bond acceptors (Lipinski definition) is 8. The van der Waals surface area contributed by atoms with E-state index in [2.05, 4.69) is 15.3 Å². The molecule has 2 aliphatic rings. The quantitative estimate of drug-likeness (QED) is 0.550. The molecule has 1 aliphatic heterocycles. The van der Waals surface area contributed by atoms with E-state index in [9.17, 15) is 9.18 Å². The molecule has 4 heterocycles. The van der Waals surface area contributed by atoms with Gasteiger partial charge in [0.25, 0.3) is 5.91 Å². The topological polar surface area (TPSA) is 123 Å². The normalized spacial score (nSPS) is 22.8. The predicted molar refractivity (Wildman–Crippen MR) is 124 cm³/mol. The zero-order valence-corrected chi connectivity index (χ0v) is 18.7. The Kier molecular flexibility index (Phi) is 5.42. The van der Waals surface area contributed by atoms with E-state index in [0.717, 1.165) is 40.0 Å². The average Bonchev–Trinajstić information content (AvgIpc) is 3.32. The molecule has 1 saturated heterocycles. The number of hydrogen-bond donors (Lipinski definition) is 3. The molecule has 10 heteroatoms.